The number of hydrogen-bond donors (Lipinski definition) is 1. The van der Waals surface area contributed by atoms with Gasteiger partial charge in [0.05, 0.1) is 12.4 Å². The van der Waals surface area contributed by atoms with Crippen molar-refractivity contribution in [2.24, 2.45) is 5.92 Å². The molecule has 0 unspecified atom stereocenters. The van der Waals surface area contributed by atoms with Crippen LogP contribution in [0.2, 0.25) is 0 Å². The number of benzene rings is 1. The highest BCUT2D eigenvalue weighted by molar-refractivity contribution is 8.00. The number of aryl methyl sites for hydroxylation is 1. The van der Waals surface area contributed by atoms with Crippen LogP contribution in [0.3, 0.4) is 0 Å². The van der Waals surface area contributed by atoms with Gasteiger partial charge >= 0.3 is 0 Å². The first kappa shape index (κ1) is 14.9. The van der Waals surface area contributed by atoms with E-state index in [1.165, 1.54) is 30.4 Å². The second-order valence-electron chi connectivity index (χ2n) is 5.92. The van der Waals surface area contributed by atoms with Gasteiger partial charge < -0.3 is 10.1 Å². The number of ether oxygens (including phenoxy) is 1. The SMILES string of the molecule is O=C(CS[C@@H]1CCCc2ccccc21)NC[C@H]1CCOC1. The number of carbonyl (C=O) groups excluding carboxylic acids is 1. The molecular weight excluding hydrogens is 282 g/mol. The Bertz CT molecular complexity index is 485. The van der Waals surface area contributed by atoms with Gasteiger partial charge in [0.1, 0.15) is 0 Å². The number of rotatable bonds is 5. The van der Waals surface area contributed by atoms with E-state index >= 15 is 0 Å². The van der Waals surface area contributed by atoms with Crippen LogP contribution in [0.4, 0.5) is 0 Å². The second kappa shape index (κ2) is 7.32. The molecule has 1 fully saturated rings. The minimum absolute atomic E-state index is 0.162. The van der Waals surface area contributed by atoms with Crippen molar-refractivity contribution in [3.05, 3.63) is 35.4 Å². The Hall–Kier alpha value is -1.00. The number of nitrogens with one attached hydrogen (secondary N) is 1. The summed E-state index contributed by atoms with van der Waals surface area (Å²) < 4.78 is 5.33. The van der Waals surface area contributed by atoms with Gasteiger partial charge in [-0.1, -0.05) is 24.3 Å². The van der Waals surface area contributed by atoms with Crippen molar-refractivity contribution in [2.45, 2.75) is 30.9 Å². The molecule has 1 aliphatic carbocycles. The minimum Gasteiger partial charge on any atom is -0.381 e. The van der Waals surface area contributed by atoms with Crippen molar-refractivity contribution in [3.8, 4) is 0 Å². The van der Waals surface area contributed by atoms with E-state index in [0.717, 1.165) is 26.2 Å². The summed E-state index contributed by atoms with van der Waals surface area (Å²) in [5.41, 5.74) is 2.90. The fourth-order valence-electron chi connectivity index (χ4n) is 3.11. The maximum atomic E-state index is 12.0. The number of amides is 1. The average molecular weight is 305 g/mol. The smallest absolute Gasteiger partial charge is 0.230 e. The molecule has 1 saturated heterocycles. The van der Waals surface area contributed by atoms with Gasteiger partial charge in [0.15, 0.2) is 0 Å². The topological polar surface area (TPSA) is 38.3 Å². The second-order valence-corrected chi connectivity index (χ2v) is 7.12. The van der Waals surface area contributed by atoms with Crippen molar-refractivity contribution in [2.75, 3.05) is 25.5 Å². The molecule has 21 heavy (non-hydrogen) atoms. The Morgan fingerprint density at radius 2 is 2.24 bits per heavy atom. The average Bonchev–Trinajstić information content (AvgIpc) is 3.04. The third kappa shape index (κ3) is 4.01. The summed E-state index contributed by atoms with van der Waals surface area (Å²) >= 11 is 1.79. The van der Waals surface area contributed by atoms with Gasteiger partial charge in [-0.05, 0) is 36.8 Å². The molecule has 1 aliphatic heterocycles. The van der Waals surface area contributed by atoms with Crippen LogP contribution < -0.4 is 5.32 Å². The normalized spacial score (nSPS) is 24.6. The minimum atomic E-state index is 0.162. The van der Waals surface area contributed by atoms with Gasteiger partial charge in [0.25, 0.3) is 0 Å². The first-order valence-electron chi connectivity index (χ1n) is 7.87. The predicted molar refractivity (Wildman–Crippen MR) is 86.5 cm³/mol. The lowest BCUT2D eigenvalue weighted by Gasteiger charge is -2.24. The number of thioether (sulfide) groups is 1. The number of carbonyl (C=O) groups is 1. The van der Waals surface area contributed by atoms with E-state index in [0.29, 0.717) is 16.9 Å². The fraction of sp³-hybridized carbons (Fsp3) is 0.588. The standard InChI is InChI=1S/C17H23NO2S/c19-17(18-10-13-8-9-20-11-13)12-21-16-7-3-5-14-4-1-2-6-15(14)16/h1-2,4,6,13,16H,3,5,7-12H2,(H,18,19)/t13-,16-/m1/s1. The lowest BCUT2D eigenvalue weighted by Crippen LogP contribution is -2.31. The van der Waals surface area contributed by atoms with Crippen LogP contribution in [0, 0.1) is 5.92 Å². The first-order chi connectivity index (χ1) is 10.3. The van der Waals surface area contributed by atoms with Crippen LogP contribution in [0.25, 0.3) is 0 Å². The monoisotopic (exact) mass is 305 g/mol. The summed E-state index contributed by atoms with van der Waals surface area (Å²) in [6.45, 7) is 2.40. The van der Waals surface area contributed by atoms with E-state index in [1.54, 1.807) is 11.8 Å². The maximum Gasteiger partial charge on any atom is 0.230 e. The Kier molecular flexibility index (Phi) is 5.20. The molecule has 2 aliphatic rings. The van der Waals surface area contributed by atoms with Crippen LogP contribution in [0.5, 0.6) is 0 Å². The van der Waals surface area contributed by atoms with Crippen LogP contribution in [0.15, 0.2) is 24.3 Å². The molecule has 1 aromatic rings. The molecule has 0 radical (unpaired) electrons. The predicted octanol–water partition coefficient (Wildman–Crippen LogP) is 2.95. The Balaban J connectivity index is 1.45. The molecular formula is C17H23NO2S. The van der Waals surface area contributed by atoms with Gasteiger partial charge in [-0.3, -0.25) is 4.79 Å². The molecule has 1 aromatic carbocycles. The van der Waals surface area contributed by atoms with Gasteiger partial charge in [-0.15, -0.1) is 11.8 Å². The molecule has 1 amide bonds. The third-order valence-electron chi connectivity index (χ3n) is 4.34. The summed E-state index contributed by atoms with van der Waals surface area (Å²) in [4.78, 5) is 12.0. The summed E-state index contributed by atoms with van der Waals surface area (Å²) in [6, 6.07) is 8.67. The van der Waals surface area contributed by atoms with Crippen LogP contribution in [-0.2, 0) is 16.0 Å². The quantitative estimate of drug-likeness (QED) is 0.909. The Morgan fingerprint density at radius 3 is 3.10 bits per heavy atom. The van der Waals surface area contributed by atoms with E-state index in [-0.39, 0.29) is 5.91 Å². The van der Waals surface area contributed by atoms with Crippen molar-refractivity contribution >= 4 is 17.7 Å². The van der Waals surface area contributed by atoms with Gasteiger partial charge in [0.2, 0.25) is 5.91 Å². The Labute approximate surface area is 130 Å². The summed E-state index contributed by atoms with van der Waals surface area (Å²) in [6.07, 6.45) is 4.67. The zero-order valence-electron chi connectivity index (χ0n) is 12.3. The van der Waals surface area contributed by atoms with E-state index in [4.69, 9.17) is 4.74 Å². The molecule has 114 valence electrons. The molecule has 1 N–H and O–H groups in total. The highest BCUT2D eigenvalue weighted by Gasteiger charge is 2.21. The van der Waals surface area contributed by atoms with Crippen molar-refractivity contribution < 1.29 is 9.53 Å². The largest absolute Gasteiger partial charge is 0.381 e. The highest BCUT2D eigenvalue weighted by atomic mass is 32.2. The molecule has 0 bridgehead atoms. The van der Waals surface area contributed by atoms with E-state index in [1.807, 2.05) is 0 Å². The molecule has 2 atom stereocenters. The molecule has 1 heterocycles. The number of hydrogen-bond acceptors (Lipinski definition) is 3. The molecule has 0 spiro atoms. The van der Waals surface area contributed by atoms with E-state index in [2.05, 4.69) is 29.6 Å². The van der Waals surface area contributed by atoms with Gasteiger partial charge in [-0.25, -0.2) is 0 Å². The summed E-state index contributed by atoms with van der Waals surface area (Å²) in [5.74, 6) is 1.23. The molecule has 0 saturated carbocycles. The van der Waals surface area contributed by atoms with E-state index < -0.39 is 0 Å². The molecule has 0 aromatic heterocycles. The molecule has 4 heteroatoms. The summed E-state index contributed by atoms with van der Waals surface area (Å²) in [7, 11) is 0. The highest BCUT2D eigenvalue weighted by Crippen LogP contribution is 2.39. The maximum absolute atomic E-state index is 12.0. The third-order valence-corrected chi connectivity index (χ3v) is 5.66. The lowest BCUT2D eigenvalue weighted by molar-refractivity contribution is -0.118. The van der Waals surface area contributed by atoms with Crippen molar-refractivity contribution in [1.82, 2.24) is 5.32 Å². The van der Waals surface area contributed by atoms with Crippen molar-refractivity contribution in [3.63, 3.8) is 0 Å². The fourth-order valence-corrected chi connectivity index (χ4v) is 4.31. The zero-order valence-corrected chi connectivity index (χ0v) is 13.2. The zero-order chi connectivity index (χ0) is 14.5. The lowest BCUT2D eigenvalue weighted by atomic mass is 9.91. The first-order valence-corrected chi connectivity index (χ1v) is 8.91. The number of fused-ring (bicyclic) bond motifs is 1. The summed E-state index contributed by atoms with van der Waals surface area (Å²) in [5, 5.41) is 3.53. The molecule has 3 rings (SSSR count). The van der Waals surface area contributed by atoms with Crippen molar-refractivity contribution in [1.29, 1.82) is 0 Å². The van der Waals surface area contributed by atoms with Crippen LogP contribution in [-0.4, -0.2) is 31.4 Å². The molecule has 3 nitrogen and oxygen atoms in total. The van der Waals surface area contributed by atoms with Crippen LogP contribution >= 0.6 is 11.8 Å². The van der Waals surface area contributed by atoms with Crippen LogP contribution in [0.1, 0.15) is 35.6 Å². The van der Waals surface area contributed by atoms with Gasteiger partial charge in [0, 0.05) is 24.3 Å². The van der Waals surface area contributed by atoms with Gasteiger partial charge in [-0.2, -0.15) is 0 Å². The van der Waals surface area contributed by atoms with E-state index in [9.17, 15) is 4.79 Å². The Morgan fingerprint density at radius 1 is 1.33 bits per heavy atom.